The van der Waals surface area contributed by atoms with Crippen molar-refractivity contribution in [1.29, 1.82) is 0 Å². The molecule has 2 atom stereocenters. The van der Waals surface area contributed by atoms with Crippen LogP contribution in [0.4, 0.5) is 5.69 Å². The minimum absolute atomic E-state index is 0.123. The summed E-state index contributed by atoms with van der Waals surface area (Å²) < 4.78 is 0. The lowest BCUT2D eigenvalue weighted by atomic mass is 9.94. The number of piperazine rings is 1. The predicted molar refractivity (Wildman–Crippen MR) is 151 cm³/mol. The van der Waals surface area contributed by atoms with Crippen LogP contribution in [0.15, 0.2) is 42.5 Å². The van der Waals surface area contributed by atoms with Crippen molar-refractivity contribution in [3.63, 3.8) is 0 Å². The third kappa shape index (κ3) is 5.09. The van der Waals surface area contributed by atoms with Crippen molar-refractivity contribution in [2.24, 2.45) is 0 Å². The van der Waals surface area contributed by atoms with Gasteiger partial charge in [-0.25, -0.2) is 0 Å². The van der Waals surface area contributed by atoms with Gasteiger partial charge in [0.05, 0.1) is 5.57 Å². The van der Waals surface area contributed by atoms with Crippen molar-refractivity contribution in [3.8, 4) is 11.1 Å². The van der Waals surface area contributed by atoms with Crippen LogP contribution in [0.5, 0.6) is 0 Å². The van der Waals surface area contributed by atoms with Crippen LogP contribution in [0.2, 0.25) is 5.02 Å². The number of nitrogens with zero attached hydrogens (tertiary/aromatic N) is 1. The number of aromatic amines is 1. The highest BCUT2D eigenvalue weighted by molar-refractivity contribution is 6.36. The van der Waals surface area contributed by atoms with Gasteiger partial charge in [0.1, 0.15) is 0 Å². The summed E-state index contributed by atoms with van der Waals surface area (Å²) in [7, 11) is 0. The smallest absolute Gasteiger partial charge is 0.256 e. The Morgan fingerprint density at radius 3 is 2.49 bits per heavy atom. The molecule has 5 rings (SSSR count). The Bertz CT molecular complexity index is 1380. The number of halogens is 1. The number of nitrogens with one attached hydrogen (secondary N) is 3. The number of hydrogen-bond donors (Lipinski definition) is 3. The Labute approximate surface area is 223 Å². The van der Waals surface area contributed by atoms with E-state index >= 15 is 0 Å². The minimum atomic E-state index is -0.123. The molecule has 0 saturated carbocycles. The molecule has 0 radical (unpaired) electrons. The number of amides is 2. The predicted octanol–water partition coefficient (Wildman–Crippen LogP) is 5.59. The second-order valence-electron chi connectivity index (χ2n) is 10.3. The largest absolute Gasteiger partial charge is 0.359 e. The first-order chi connectivity index (χ1) is 17.7. The van der Waals surface area contributed by atoms with E-state index in [1.54, 1.807) is 0 Å². The fourth-order valence-electron chi connectivity index (χ4n) is 5.66. The summed E-state index contributed by atoms with van der Waals surface area (Å²) in [4.78, 5) is 31.5. The van der Waals surface area contributed by atoms with Crippen LogP contribution in [-0.2, 0) is 16.0 Å². The van der Waals surface area contributed by atoms with Crippen LogP contribution < -0.4 is 10.6 Å². The fourth-order valence-corrected chi connectivity index (χ4v) is 5.78. The van der Waals surface area contributed by atoms with Crippen LogP contribution in [0.3, 0.4) is 0 Å². The monoisotopic (exact) mass is 516 g/mol. The van der Waals surface area contributed by atoms with Crippen LogP contribution in [0.25, 0.3) is 22.8 Å². The van der Waals surface area contributed by atoms with Crippen molar-refractivity contribution in [2.75, 3.05) is 18.4 Å². The van der Waals surface area contributed by atoms with Crippen molar-refractivity contribution in [2.45, 2.75) is 52.6 Å². The van der Waals surface area contributed by atoms with Gasteiger partial charge in [-0.2, -0.15) is 0 Å². The third-order valence-corrected chi connectivity index (χ3v) is 7.65. The molecule has 3 aromatic rings. The maximum Gasteiger partial charge on any atom is 0.256 e. The van der Waals surface area contributed by atoms with Crippen molar-refractivity contribution < 1.29 is 9.59 Å². The summed E-state index contributed by atoms with van der Waals surface area (Å²) in [5.74, 6) is 0.0681. The van der Waals surface area contributed by atoms with E-state index in [1.807, 2.05) is 60.4 Å². The topological polar surface area (TPSA) is 77.2 Å². The number of benzene rings is 2. The zero-order chi connectivity index (χ0) is 26.3. The number of rotatable bonds is 5. The highest BCUT2D eigenvalue weighted by atomic mass is 35.5. The Hall–Kier alpha value is -3.35. The number of fused-ring (bicyclic) bond motifs is 1. The number of aromatic nitrogens is 1. The molecule has 7 heteroatoms. The van der Waals surface area contributed by atoms with Gasteiger partial charge in [-0.1, -0.05) is 35.9 Å². The molecule has 2 aliphatic rings. The molecule has 192 valence electrons. The molecule has 6 nitrogen and oxygen atoms in total. The second-order valence-corrected chi connectivity index (χ2v) is 10.7. The summed E-state index contributed by atoms with van der Waals surface area (Å²) >= 11 is 6.10. The van der Waals surface area contributed by atoms with Gasteiger partial charge in [-0.05, 0) is 80.6 Å². The summed E-state index contributed by atoms with van der Waals surface area (Å²) in [6, 6.07) is 14.2. The van der Waals surface area contributed by atoms with E-state index in [0.29, 0.717) is 35.5 Å². The number of aryl methyl sites for hydroxylation is 1. The van der Waals surface area contributed by atoms with Gasteiger partial charge in [0.25, 0.3) is 5.91 Å². The first-order valence-electron chi connectivity index (χ1n) is 12.9. The van der Waals surface area contributed by atoms with E-state index in [0.717, 1.165) is 58.0 Å². The number of anilines is 1. The maximum atomic E-state index is 13.0. The minimum Gasteiger partial charge on any atom is -0.359 e. The van der Waals surface area contributed by atoms with Crippen molar-refractivity contribution in [3.05, 3.63) is 75.6 Å². The van der Waals surface area contributed by atoms with Gasteiger partial charge in [0.2, 0.25) is 5.91 Å². The molecule has 1 fully saturated rings. The van der Waals surface area contributed by atoms with Crippen LogP contribution >= 0.6 is 11.6 Å². The van der Waals surface area contributed by atoms with E-state index in [4.69, 9.17) is 11.6 Å². The Kier molecular flexibility index (Phi) is 6.97. The van der Waals surface area contributed by atoms with E-state index < -0.39 is 0 Å². The Balaban J connectivity index is 1.42. The van der Waals surface area contributed by atoms with Gasteiger partial charge in [-0.15, -0.1) is 0 Å². The van der Waals surface area contributed by atoms with Gasteiger partial charge in [-0.3, -0.25) is 9.59 Å². The third-order valence-electron chi connectivity index (χ3n) is 7.40. The van der Waals surface area contributed by atoms with Gasteiger partial charge < -0.3 is 20.5 Å². The second kappa shape index (κ2) is 10.2. The summed E-state index contributed by atoms with van der Waals surface area (Å²) in [5.41, 5.74) is 8.43. The highest BCUT2D eigenvalue weighted by Gasteiger charge is 2.28. The first-order valence-corrected chi connectivity index (χ1v) is 13.2. The van der Waals surface area contributed by atoms with Crippen molar-refractivity contribution in [1.82, 2.24) is 15.2 Å². The zero-order valence-corrected chi connectivity index (χ0v) is 22.5. The zero-order valence-electron chi connectivity index (χ0n) is 21.7. The average molecular weight is 517 g/mol. The SMILES string of the molecule is Cc1[nH]c(C=C2C(=O)Nc3cccc(-c4ccc(Cl)cc4)c32)c(C)c1CCC(=O)N1CC(C)NC(C)C1. The highest BCUT2D eigenvalue weighted by Crippen LogP contribution is 2.41. The van der Waals surface area contributed by atoms with E-state index in [9.17, 15) is 9.59 Å². The normalized spacial score (nSPS) is 20.3. The lowest BCUT2D eigenvalue weighted by molar-refractivity contribution is -0.132. The van der Waals surface area contributed by atoms with Gasteiger partial charge >= 0.3 is 0 Å². The van der Waals surface area contributed by atoms with E-state index in [2.05, 4.69) is 36.4 Å². The van der Waals surface area contributed by atoms with E-state index in [1.165, 1.54) is 0 Å². The molecule has 0 bridgehead atoms. The molecule has 1 aromatic heterocycles. The number of carbonyl (C=O) groups is 2. The van der Waals surface area contributed by atoms with Crippen LogP contribution in [0, 0.1) is 13.8 Å². The van der Waals surface area contributed by atoms with E-state index in [-0.39, 0.29) is 11.8 Å². The molecule has 2 amide bonds. The molecule has 2 aromatic carbocycles. The summed E-state index contributed by atoms with van der Waals surface area (Å²) in [5, 5.41) is 7.16. The molecule has 1 saturated heterocycles. The fraction of sp³-hybridized carbons (Fsp3) is 0.333. The van der Waals surface area contributed by atoms with Gasteiger partial charge in [0.15, 0.2) is 0 Å². The molecule has 0 aliphatic carbocycles. The Morgan fingerprint density at radius 1 is 1.08 bits per heavy atom. The van der Waals surface area contributed by atoms with Crippen LogP contribution in [0.1, 0.15) is 48.3 Å². The standard InChI is InChI=1S/C30H33ClN4O2/c1-17-15-35(16-18(2)32-17)28(36)13-12-23-19(3)27(33-20(23)4)14-25-29-24(21-8-10-22(31)11-9-21)6-5-7-26(29)34-30(25)37/h5-11,14,17-18,32-33H,12-13,15-16H2,1-4H3,(H,34,37). The van der Waals surface area contributed by atoms with Crippen molar-refractivity contribution >= 4 is 40.8 Å². The number of H-pyrrole nitrogens is 1. The molecule has 0 spiro atoms. The molecular formula is C30H33ClN4O2. The lowest BCUT2D eigenvalue weighted by Gasteiger charge is -2.36. The molecule has 2 aliphatic heterocycles. The first kappa shape index (κ1) is 25.3. The molecule has 2 unspecified atom stereocenters. The van der Waals surface area contributed by atoms with Crippen LogP contribution in [-0.4, -0.2) is 46.9 Å². The number of carbonyl (C=O) groups excluding carboxylic acids is 2. The summed E-state index contributed by atoms with van der Waals surface area (Å²) in [6.07, 6.45) is 3.08. The van der Waals surface area contributed by atoms with Gasteiger partial charge in [0, 0.05) is 59.3 Å². The molecular weight excluding hydrogens is 484 g/mol. The molecule has 37 heavy (non-hydrogen) atoms. The maximum absolute atomic E-state index is 13.0. The summed E-state index contributed by atoms with van der Waals surface area (Å²) in [6.45, 7) is 9.82. The average Bonchev–Trinajstić information content (AvgIpc) is 3.32. The Morgan fingerprint density at radius 2 is 1.78 bits per heavy atom. The lowest BCUT2D eigenvalue weighted by Crippen LogP contribution is -2.55. The number of hydrogen-bond acceptors (Lipinski definition) is 3. The molecule has 3 N–H and O–H groups in total. The quantitative estimate of drug-likeness (QED) is 0.387. The molecule has 3 heterocycles.